The molecule has 3 heterocycles. The molecule has 3 atom stereocenters. The fourth-order valence-electron chi connectivity index (χ4n) is 4.43. The minimum Gasteiger partial charge on any atom is -0.400 e. The molecular formula is C22H28FN6O+. The first-order valence-corrected chi connectivity index (χ1v) is 10.1. The third-order valence-electron chi connectivity index (χ3n) is 6.00. The van der Waals surface area contributed by atoms with Gasteiger partial charge in [0.05, 0.1) is 43.3 Å². The van der Waals surface area contributed by atoms with Crippen molar-refractivity contribution in [2.75, 3.05) is 45.3 Å². The Morgan fingerprint density at radius 3 is 3.07 bits per heavy atom. The zero-order valence-electron chi connectivity index (χ0n) is 17.4. The topological polar surface area (TPSA) is 81.5 Å². The van der Waals surface area contributed by atoms with E-state index in [4.69, 9.17) is 10.5 Å². The zero-order valence-corrected chi connectivity index (χ0v) is 17.4. The van der Waals surface area contributed by atoms with Crippen LogP contribution in [-0.2, 0) is 4.74 Å². The lowest BCUT2D eigenvalue weighted by molar-refractivity contribution is -0.412. The summed E-state index contributed by atoms with van der Waals surface area (Å²) in [5, 5.41) is 8.56. The zero-order chi connectivity index (χ0) is 21.3. The first-order valence-electron chi connectivity index (χ1n) is 10.1. The quantitative estimate of drug-likeness (QED) is 0.645. The molecule has 0 saturated carbocycles. The van der Waals surface area contributed by atoms with Gasteiger partial charge in [0.2, 0.25) is 0 Å². The number of nitrogens with zero attached hydrogens (tertiary/aromatic N) is 4. The van der Waals surface area contributed by atoms with Crippen LogP contribution in [0.25, 0.3) is 5.57 Å². The molecule has 30 heavy (non-hydrogen) atoms. The summed E-state index contributed by atoms with van der Waals surface area (Å²) in [4.78, 5) is 7.31. The number of hydrogen-bond acceptors (Lipinski definition) is 6. The van der Waals surface area contributed by atoms with Crippen molar-refractivity contribution in [3.05, 3.63) is 60.0 Å². The summed E-state index contributed by atoms with van der Waals surface area (Å²) in [6, 6.07) is 1.94. The highest BCUT2D eigenvalue weighted by molar-refractivity contribution is 6.07. The molecule has 2 aliphatic heterocycles. The van der Waals surface area contributed by atoms with Crippen LogP contribution in [0.4, 0.5) is 10.1 Å². The average Bonchev–Trinajstić information content (AvgIpc) is 2.76. The molecule has 1 saturated heterocycles. The van der Waals surface area contributed by atoms with E-state index < -0.39 is 0 Å². The molecule has 0 amide bonds. The van der Waals surface area contributed by atoms with E-state index in [1.807, 2.05) is 37.4 Å². The smallest absolute Gasteiger partial charge is 0.172 e. The van der Waals surface area contributed by atoms with Crippen LogP contribution in [0.5, 0.6) is 0 Å². The summed E-state index contributed by atoms with van der Waals surface area (Å²) < 4.78 is 20.1. The van der Waals surface area contributed by atoms with Crippen LogP contribution in [0.2, 0.25) is 0 Å². The van der Waals surface area contributed by atoms with E-state index in [2.05, 4.69) is 26.7 Å². The summed E-state index contributed by atoms with van der Waals surface area (Å²) in [5.74, 6) is -0.431. The Labute approximate surface area is 176 Å². The Balaban J connectivity index is 1.89. The number of nitrogens with one attached hydrogen (secondary N) is 1. The van der Waals surface area contributed by atoms with Crippen molar-refractivity contribution in [3.63, 3.8) is 0 Å². The van der Waals surface area contributed by atoms with Crippen molar-refractivity contribution in [1.29, 1.82) is 0 Å². The van der Waals surface area contributed by atoms with Gasteiger partial charge in [-0.1, -0.05) is 12.7 Å². The van der Waals surface area contributed by atoms with E-state index in [-0.39, 0.29) is 23.7 Å². The highest BCUT2D eigenvalue weighted by Crippen LogP contribution is 2.37. The van der Waals surface area contributed by atoms with Crippen LogP contribution in [0.15, 0.2) is 54.3 Å². The Morgan fingerprint density at radius 1 is 1.43 bits per heavy atom. The largest absolute Gasteiger partial charge is 0.400 e. The molecule has 0 radical (unpaired) electrons. The van der Waals surface area contributed by atoms with Gasteiger partial charge in [0.1, 0.15) is 18.6 Å². The van der Waals surface area contributed by atoms with Crippen LogP contribution >= 0.6 is 0 Å². The molecule has 158 valence electrons. The third kappa shape index (κ3) is 3.75. The second-order valence-corrected chi connectivity index (χ2v) is 7.87. The molecule has 1 aromatic rings. The Hall–Kier alpha value is -3.00. The summed E-state index contributed by atoms with van der Waals surface area (Å²) in [5.41, 5.74) is 10.4. The maximum absolute atomic E-state index is 14.3. The van der Waals surface area contributed by atoms with Crippen molar-refractivity contribution in [3.8, 4) is 0 Å². The molecule has 3 N–H and O–H groups in total. The number of likely N-dealkylation sites (N-methyl/N-ethyl adjacent to an activating group) is 1. The normalized spacial score (nSPS) is 27.4. The van der Waals surface area contributed by atoms with E-state index in [9.17, 15) is 4.39 Å². The minimum atomic E-state index is -0.233. The fourth-order valence-corrected chi connectivity index (χ4v) is 4.43. The van der Waals surface area contributed by atoms with Crippen LogP contribution in [0, 0.1) is 11.8 Å². The van der Waals surface area contributed by atoms with Gasteiger partial charge in [0.25, 0.3) is 0 Å². The number of anilines is 1. The van der Waals surface area contributed by atoms with Crippen LogP contribution in [0.1, 0.15) is 5.69 Å². The Kier molecular flexibility index (Phi) is 5.67. The van der Waals surface area contributed by atoms with E-state index in [0.717, 1.165) is 17.0 Å². The molecule has 1 fully saturated rings. The SMILES string of the molecule is C=C1C2C=CC(F)=CC2[C@H]2COCCN2c2cnnc(c2)C(C=[NH+]C)=C(N)CN1C. The molecule has 0 spiro atoms. The number of fused-ring (bicyclic) bond motifs is 6. The van der Waals surface area contributed by atoms with Crippen LogP contribution in [-0.4, -0.2) is 67.8 Å². The van der Waals surface area contributed by atoms with Gasteiger partial charge < -0.3 is 20.3 Å². The predicted octanol–water partition coefficient (Wildman–Crippen LogP) is 0.248. The van der Waals surface area contributed by atoms with Gasteiger partial charge in [0, 0.05) is 36.8 Å². The second kappa shape index (κ2) is 8.39. The number of allylic oxidation sites excluding steroid dienone is 4. The molecule has 8 heteroatoms. The predicted molar refractivity (Wildman–Crippen MR) is 115 cm³/mol. The summed E-state index contributed by atoms with van der Waals surface area (Å²) in [6.07, 6.45) is 8.69. The van der Waals surface area contributed by atoms with E-state index in [1.54, 1.807) is 12.3 Å². The van der Waals surface area contributed by atoms with Crippen molar-refractivity contribution >= 4 is 17.5 Å². The van der Waals surface area contributed by atoms with Gasteiger partial charge in [-0.25, -0.2) is 4.39 Å². The van der Waals surface area contributed by atoms with Gasteiger partial charge in [-0.05, 0) is 18.2 Å². The molecule has 3 aliphatic rings. The maximum Gasteiger partial charge on any atom is 0.172 e. The summed E-state index contributed by atoms with van der Waals surface area (Å²) in [7, 11) is 3.78. The number of nitrogens with two attached hydrogens (primary N) is 1. The maximum atomic E-state index is 14.3. The molecule has 1 aromatic heterocycles. The molecule has 7 nitrogen and oxygen atoms in total. The number of hydrogen-bond donors (Lipinski definition) is 2. The van der Waals surface area contributed by atoms with Crippen molar-refractivity contribution in [2.24, 2.45) is 17.6 Å². The first kappa shape index (κ1) is 20.3. The van der Waals surface area contributed by atoms with E-state index in [1.165, 1.54) is 6.08 Å². The highest BCUT2D eigenvalue weighted by Gasteiger charge is 2.38. The van der Waals surface area contributed by atoms with Gasteiger partial charge in [-0.15, -0.1) is 0 Å². The molecule has 0 aromatic carbocycles. The number of halogens is 1. The first-order chi connectivity index (χ1) is 14.5. The fraction of sp³-hybridized carbons (Fsp3) is 0.409. The minimum absolute atomic E-state index is 0.0564. The molecule has 2 unspecified atom stereocenters. The second-order valence-electron chi connectivity index (χ2n) is 7.87. The monoisotopic (exact) mass is 411 g/mol. The van der Waals surface area contributed by atoms with Crippen LogP contribution < -0.4 is 15.6 Å². The lowest BCUT2D eigenvalue weighted by atomic mass is 9.79. The lowest BCUT2D eigenvalue weighted by Gasteiger charge is -2.44. The Bertz CT molecular complexity index is 953. The Morgan fingerprint density at radius 2 is 2.27 bits per heavy atom. The summed E-state index contributed by atoms with van der Waals surface area (Å²) in [6.45, 7) is 6.59. The van der Waals surface area contributed by atoms with Gasteiger partial charge in [-0.2, -0.15) is 10.2 Å². The molecule has 4 rings (SSSR count). The van der Waals surface area contributed by atoms with Crippen molar-refractivity contribution < 1.29 is 14.1 Å². The van der Waals surface area contributed by atoms with E-state index in [0.29, 0.717) is 37.7 Å². The van der Waals surface area contributed by atoms with Crippen molar-refractivity contribution in [2.45, 2.75) is 6.04 Å². The van der Waals surface area contributed by atoms with Gasteiger partial charge >= 0.3 is 0 Å². The number of rotatable bonds is 1. The highest BCUT2D eigenvalue weighted by atomic mass is 19.1. The standard InChI is InChI=1S/C22H27FN6O/c1-14-17-5-4-15(23)8-18(17)22-13-30-7-6-29(22)16-9-21(27-26-10-16)19(11-25-2)20(24)12-28(14)3/h4-5,8-11,17-18,22H,1,6-7,12-13,24H2,2-3H3/p+1/t17?,18?,22-/m1/s1. The van der Waals surface area contributed by atoms with Gasteiger partial charge in [0.15, 0.2) is 6.21 Å². The number of ether oxygens (including phenoxy) is 1. The van der Waals surface area contributed by atoms with Crippen LogP contribution in [0.3, 0.4) is 0 Å². The van der Waals surface area contributed by atoms with E-state index >= 15 is 0 Å². The molecule has 2 bridgehead atoms. The number of morpholine rings is 1. The summed E-state index contributed by atoms with van der Waals surface area (Å²) >= 11 is 0. The van der Waals surface area contributed by atoms with Crippen molar-refractivity contribution in [1.82, 2.24) is 15.1 Å². The lowest BCUT2D eigenvalue weighted by Crippen LogP contribution is -2.63. The third-order valence-corrected chi connectivity index (χ3v) is 6.00. The number of aromatic nitrogens is 2. The van der Waals surface area contributed by atoms with Gasteiger partial charge in [-0.3, -0.25) is 4.99 Å². The molecular weight excluding hydrogens is 383 g/mol. The molecule has 1 aliphatic carbocycles. The average molecular weight is 412 g/mol.